The molecule has 1 aromatic heterocycles. The number of ether oxygens (including phenoxy) is 1. The van der Waals surface area contributed by atoms with Crippen molar-refractivity contribution in [2.75, 3.05) is 13.2 Å². The highest BCUT2D eigenvalue weighted by Gasteiger charge is 1.97. The zero-order valence-electron chi connectivity index (χ0n) is 7.86. The first-order valence-corrected chi connectivity index (χ1v) is 4.51. The Bertz CT molecular complexity index is 285. The molecule has 3 nitrogen and oxygen atoms in total. The van der Waals surface area contributed by atoms with Crippen molar-refractivity contribution in [3.8, 4) is 6.07 Å². The summed E-state index contributed by atoms with van der Waals surface area (Å²) in [7, 11) is 0. The third kappa shape index (κ3) is 2.92. The van der Waals surface area contributed by atoms with Crippen LogP contribution in [0, 0.1) is 11.3 Å². The molecule has 0 saturated heterocycles. The molecule has 0 saturated carbocycles. The summed E-state index contributed by atoms with van der Waals surface area (Å²) in [4.78, 5) is 0. The van der Waals surface area contributed by atoms with Crippen molar-refractivity contribution in [3.05, 3.63) is 24.0 Å². The van der Waals surface area contributed by atoms with Gasteiger partial charge in [-0.05, 0) is 18.6 Å². The van der Waals surface area contributed by atoms with Crippen molar-refractivity contribution in [1.29, 1.82) is 5.26 Å². The molecule has 1 heterocycles. The highest BCUT2D eigenvalue weighted by Crippen LogP contribution is 1.99. The Morgan fingerprint density at radius 1 is 1.54 bits per heavy atom. The molecule has 13 heavy (non-hydrogen) atoms. The van der Waals surface area contributed by atoms with Crippen LogP contribution in [0.5, 0.6) is 0 Å². The second kappa shape index (κ2) is 5.39. The van der Waals surface area contributed by atoms with E-state index < -0.39 is 0 Å². The topological polar surface area (TPSA) is 38.0 Å². The van der Waals surface area contributed by atoms with E-state index in [0.29, 0.717) is 12.3 Å². The SMILES string of the molecule is CCCOCCn1cccc1C#N. The minimum absolute atomic E-state index is 0.678. The third-order valence-electron chi connectivity index (χ3n) is 1.77. The van der Waals surface area contributed by atoms with Gasteiger partial charge in [-0.2, -0.15) is 5.26 Å². The van der Waals surface area contributed by atoms with Crippen molar-refractivity contribution in [3.63, 3.8) is 0 Å². The normalized spacial score (nSPS) is 9.85. The summed E-state index contributed by atoms with van der Waals surface area (Å²) in [6.07, 6.45) is 2.94. The van der Waals surface area contributed by atoms with Crippen LogP contribution >= 0.6 is 0 Å². The molecule has 0 radical (unpaired) electrons. The first-order valence-electron chi connectivity index (χ1n) is 4.51. The molecule has 0 aliphatic heterocycles. The second-order valence-corrected chi connectivity index (χ2v) is 2.81. The second-order valence-electron chi connectivity index (χ2n) is 2.81. The van der Waals surface area contributed by atoms with Crippen molar-refractivity contribution < 1.29 is 4.74 Å². The molecule has 0 bridgehead atoms. The number of nitriles is 1. The third-order valence-corrected chi connectivity index (χ3v) is 1.77. The van der Waals surface area contributed by atoms with E-state index >= 15 is 0 Å². The maximum atomic E-state index is 8.70. The summed E-state index contributed by atoms with van der Waals surface area (Å²) in [6.45, 7) is 4.31. The molecular formula is C10H14N2O. The molecule has 1 rings (SSSR count). The van der Waals surface area contributed by atoms with Crippen LogP contribution in [0.15, 0.2) is 18.3 Å². The Hall–Kier alpha value is -1.27. The van der Waals surface area contributed by atoms with Gasteiger partial charge < -0.3 is 9.30 Å². The molecule has 0 aliphatic rings. The molecule has 0 N–H and O–H groups in total. The number of hydrogen-bond acceptors (Lipinski definition) is 2. The van der Waals surface area contributed by atoms with Crippen LogP contribution < -0.4 is 0 Å². The van der Waals surface area contributed by atoms with Crippen LogP contribution in [0.3, 0.4) is 0 Å². The molecular weight excluding hydrogens is 164 g/mol. The van der Waals surface area contributed by atoms with Crippen LogP contribution in [0.4, 0.5) is 0 Å². The van der Waals surface area contributed by atoms with Crippen molar-refractivity contribution in [2.45, 2.75) is 19.9 Å². The van der Waals surface area contributed by atoms with E-state index in [1.807, 2.05) is 16.8 Å². The van der Waals surface area contributed by atoms with Crippen LogP contribution in [0.2, 0.25) is 0 Å². The number of nitrogens with zero attached hydrogens (tertiary/aromatic N) is 2. The van der Waals surface area contributed by atoms with Crippen molar-refractivity contribution in [1.82, 2.24) is 4.57 Å². The standard InChI is InChI=1S/C10H14N2O/c1-2-7-13-8-6-12-5-3-4-10(12)9-11/h3-5H,2,6-8H2,1H3. The van der Waals surface area contributed by atoms with Crippen molar-refractivity contribution >= 4 is 0 Å². The highest BCUT2D eigenvalue weighted by molar-refractivity contribution is 5.21. The molecule has 0 atom stereocenters. The van der Waals surface area contributed by atoms with Crippen LogP contribution in [0.25, 0.3) is 0 Å². The quantitative estimate of drug-likeness (QED) is 0.644. The lowest BCUT2D eigenvalue weighted by molar-refractivity contribution is 0.127. The molecule has 0 amide bonds. The largest absolute Gasteiger partial charge is 0.380 e. The van der Waals surface area contributed by atoms with Gasteiger partial charge in [-0.3, -0.25) is 0 Å². The molecule has 0 unspecified atom stereocenters. The molecule has 1 aromatic rings. The Balaban J connectivity index is 2.33. The molecule has 3 heteroatoms. The average molecular weight is 178 g/mol. The van der Waals surface area contributed by atoms with Gasteiger partial charge >= 0.3 is 0 Å². The van der Waals surface area contributed by atoms with E-state index in [9.17, 15) is 0 Å². The summed E-state index contributed by atoms with van der Waals surface area (Å²) >= 11 is 0. The summed E-state index contributed by atoms with van der Waals surface area (Å²) in [5.41, 5.74) is 0.695. The van der Waals surface area contributed by atoms with Gasteiger partial charge in [-0.15, -0.1) is 0 Å². The van der Waals surface area contributed by atoms with Gasteiger partial charge in [-0.1, -0.05) is 6.92 Å². The van der Waals surface area contributed by atoms with Gasteiger partial charge in [-0.25, -0.2) is 0 Å². The minimum atomic E-state index is 0.678. The van der Waals surface area contributed by atoms with E-state index in [0.717, 1.165) is 19.6 Å². The lowest BCUT2D eigenvalue weighted by Crippen LogP contribution is -2.06. The van der Waals surface area contributed by atoms with Gasteiger partial charge in [0.2, 0.25) is 0 Å². The van der Waals surface area contributed by atoms with Crippen LogP contribution in [-0.4, -0.2) is 17.8 Å². The maximum absolute atomic E-state index is 8.70. The number of rotatable bonds is 5. The van der Waals surface area contributed by atoms with E-state index in [1.54, 1.807) is 6.07 Å². The van der Waals surface area contributed by atoms with E-state index in [4.69, 9.17) is 10.00 Å². The molecule has 0 aromatic carbocycles. The summed E-state index contributed by atoms with van der Waals surface area (Å²) in [6, 6.07) is 5.80. The predicted octanol–water partition coefficient (Wildman–Crippen LogP) is 1.79. The average Bonchev–Trinajstić information content (AvgIpc) is 2.60. The summed E-state index contributed by atoms with van der Waals surface area (Å²) < 4.78 is 7.22. The molecule has 70 valence electrons. The van der Waals surface area contributed by atoms with E-state index in [1.165, 1.54) is 0 Å². The Morgan fingerprint density at radius 2 is 2.38 bits per heavy atom. The van der Waals surface area contributed by atoms with E-state index in [-0.39, 0.29) is 0 Å². The first-order chi connectivity index (χ1) is 6.38. The lowest BCUT2D eigenvalue weighted by atomic mass is 10.4. The van der Waals surface area contributed by atoms with Gasteiger partial charge in [0.05, 0.1) is 6.61 Å². The maximum Gasteiger partial charge on any atom is 0.120 e. The Kier molecular flexibility index (Phi) is 4.07. The fourth-order valence-corrected chi connectivity index (χ4v) is 1.12. The predicted molar refractivity (Wildman–Crippen MR) is 50.3 cm³/mol. The molecule has 0 aliphatic carbocycles. The van der Waals surface area contributed by atoms with Crippen LogP contribution in [0.1, 0.15) is 19.0 Å². The Morgan fingerprint density at radius 3 is 3.08 bits per heavy atom. The van der Waals surface area contributed by atoms with Gasteiger partial charge in [0.1, 0.15) is 11.8 Å². The highest BCUT2D eigenvalue weighted by atomic mass is 16.5. The lowest BCUT2D eigenvalue weighted by Gasteiger charge is -2.04. The van der Waals surface area contributed by atoms with Gasteiger partial charge in [0.25, 0.3) is 0 Å². The van der Waals surface area contributed by atoms with Gasteiger partial charge in [0.15, 0.2) is 0 Å². The fraction of sp³-hybridized carbons (Fsp3) is 0.500. The first kappa shape index (κ1) is 9.82. The zero-order chi connectivity index (χ0) is 9.52. The zero-order valence-corrected chi connectivity index (χ0v) is 7.86. The van der Waals surface area contributed by atoms with E-state index in [2.05, 4.69) is 13.0 Å². The fourth-order valence-electron chi connectivity index (χ4n) is 1.12. The van der Waals surface area contributed by atoms with Gasteiger partial charge in [0, 0.05) is 19.3 Å². The Labute approximate surface area is 78.5 Å². The minimum Gasteiger partial charge on any atom is -0.380 e. The van der Waals surface area contributed by atoms with Crippen molar-refractivity contribution in [2.24, 2.45) is 0 Å². The molecule has 0 fully saturated rings. The monoisotopic (exact) mass is 178 g/mol. The van der Waals surface area contributed by atoms with Crippen LogP contribution in [-0.2, 0) is 11.3 Å². The smallest absolute Gasteiger partial charge is 0.120 e. The summed E-state index contributed by atoms with van der Waals surface area (Å²) in [5.74, 6) is 0. The number of hydrogen-bond donors (Lipinski definition) is 0. The summed E-state index contributed by atoms with van der Waals surface area (Å²) in [5, 5.41) is 8.70. The number of aromatic nitrogens is 1. The molecule has 0 spiro atoms.